The number of rotatable bonds is 3. The fourth-order valence-corrected chi connectivity index (χ4v) is 2.99. The molecule has 2 atom stereocenters. The summed E-state index contributed by atoms with van der Waals surface area (Å²) in [6, 6.07) is 9.70. The van der Waals surface area contributed by atoms with Gasteiger partial charge in [0.15, 0.2) is 6.23 Å². The Balaban J connectivity index is 1.61. The molecule has 2 saturated heterocycles. The van der Waals surface area contributed by atoms with E-state index in [-0.39, 0.29) is 6.10 Å². The maximum atomic E-state index is 11.1. The summed E-state index contributed by atoms with van der Waals surface area (Å²) >= 11 is 0. The quantitative estimate of drug-likeness (QED) is 0.810. The molecule has 2 aliphatic heterocycles. The third kappa shape index (κ3) is 2.40. The number of hydrogen-bond acceptors (Lipinski definition) is 6. The highest BCUT2D eigenvalue weighted by atomic mass is 32.3. The average molecular weight is 271 g/mol. The Morgan fingerprint density at radius 3 is 2.89 bits per heavy atom. The number of hydroxylamine groups is 2. The molecule has 98 valence electrons. The van der Waals surface area contributed by atoms with Crippen molar-refractivity contribution in [1.82, 2.24) is 5.06 Å². The summed E-state index contributed by atoms with van der Waals surface area (Å²) in [5.74, 6) is 0. The molecule has 0 spiro atoms. The molecule has 6 nitrogen and oxygen atoms in total. The predicted octanol–water partition coefficient (Wildman–Crippen LogP) is 0.810. The van der Waals surface area contributed by atoms with Crippen molar-refractivity contribution < 1.29 is 21.6 Å². The summed E-state index contributed by atoms with van der Waals surface area (Å²) < 4.78 is 37.4. The summed E-state index contributed by atoms with van der Waals surface area (Å²) in [6.07, 6.45) is -0.256. The van der Waals surface area contributed by atoms with Crippen LogP contribution in [-0.2, 0) is 30.2 Å². The normalized spacial score (nSPS) is 30.4. The van der Waals surface area contributed by atoms with E-state index < -0.39 is 16.6 Å². The molecule has 0 radical (unpaired) electrons. The lowest BCUT2D eigenvalue weighted by molar-refractivity contribution is -0.110. The standard InChI is InChI=1S/C11H13NO5S/c13-18(14)16-11-10(6-7-12(11)17-18)15-8-9-4-2-1-3-5-9/h1-5,10-11H,6-8H2/t10-,11?/m1/s1. The summed E-state index contributed by atoms with van der Waals surface area (Å²) in [4.78, 5) is 0. The van der Waals surface area contributed by atoms with Crippen molar-refractivity contribution in [2.24, 2.45) is 0 Å². The van der Waals surface area contributed by atoms with E-state index in [9.17, 15) is 8.42 Å². The summed E-state index contributed by atoms with van der Waals surface area (Å²) in [5, 5.41) is 1.31. The van der Waals surface area contributed by atoms with Gasteiger partial charge in [0, 0.05) is 6.54 Å². The van der Waals surface area contributed by atoms with Crippen LogP contribution in [0.15, 0.2) is 30.3 Å². The van der Waals surface area contributed by atoms with E-state index in [2.05, 4.69) is 4.28 Å². The molecule has 0 bridgehead atoms. The van der Waals surface area contributed by atoms with Gasteiger partial charge >= 0.3 is 10.4 Å². The lowest BCUT2D eigenvalue weighted by Crippen LogP contribution is -2.31. The van der Waals surface area contributed by atoms with Crippen molar-refractivity contribution in [1.29, 1.82) is 0 Å². The first-order valence-corrected chi connectivity index (χ1v) is 7.02. The molecule has 0 aliphatic carbocycles. The highest BCUT2D eigenvalue weighted by Crippen LogP contribution is 2.31. The Morgan fingerprint density at radius 2 is 2.11 bits per heavy atom. The van der Waals surface area contributed by atoms with Crippen LogP contribution in [0.5, 0.6) is 0 Å². The van der Waals surface area contributed by atoms with Crippen molar-refractivity contribution in [2.45, 2.75) is 25.4 Å². The van der Waals surface area contributed by atoms with E-state index in [1.807, 2.05) is 30.3 Å². The van der Waals surface area contributed by atoms with E-state index in [1.165, 1.54) is 5.06 Å². The minimum Gasteiger partial charge on any atom is -0.369 e. The second kappa shape index (κ2) is 4.60. The first-order valence-electron chi connectivity index (χ1n) is 5.69. The minimum absolute atomic E-state index is 0.289. The van der Waals surface area contributed by atoms with Crippen molar-refractivity contribution in [3.8, 4) is 0 Å². The third-order valence-electron chi connectivity index (χ3n) is 2.95. The minimum atomic E-state index is -3.88. The Bertz CT molecular complexity index is 517. The summed E-state index contributed by atoms with van der Waals surface area (Å²) in [7, 11) is -3.88. The van der Waals surface area contributed by atoms with Crippen molar-refractivity contribution >= 4 is 10.4 Å². The van der Waals surface area contributed by atoms with Crippen LogP contribution in [-0.4, -0.2) is 32.4 Å². The van der Waals surface area contributed by atoms with Gasteiger partial charge in [0.05, 0.1) is 6.61 Å². The lowest BCUT2D eigenvalue weighted by atomic mass is 10.2. The average Bonchev–Trinajstić information content (AvgIpc) is 2.83. The molecular weight excluding hydrogens is 258 g/mol. The molecular formula is C11H13NO5S. The van der Waals surface area contributed by atoms with Gasteiger partial charge in [0.1, 0.15) is 6.10 Å². The van der Waals surface area contributed by atoms with Gasteiger partial charge in [-0.05, 0) is 12.0 Å². The summed E-state index contributed by atoms with van der Waals surface area (Å²) in [6.45, 7) is 0.919. The topological polar surface area (TPSA) is 65.1 Å². The molecule has 2 fully saturated rings. The highest BCUT2D eigenvalue weighted by molar-refractivity contribution is 7.82. The molecule has 0 N–H and O–H groups in total. The zero-order valence-electron chi connectivity index (χ0n) is 9.56. The Kier molecular flexibility index (Phi) is 3.08. The van der Waals surface area contributed by atoms with E-state index >= 15 is 0 Å². The molecule has 1 aromatic carbocycles. The molecule has 2 heterocycles. The molecule has 1 unspecified atom stereocenters. The van der Waals surface area contributed by atoms with Crippen LogP contribution in [0.3, 0.4) is 0 Å². The largest absolute Gasteiger partial charge is 0.418 e. The van der Waals surface area contributed by atoms with Crippen LogP contribution < -0.4 is 0 Å². The second-order valence-electron chi connectivity index (χ2n) is 4.23. The zero-order chi connectivity index (χ0) is 12.6. The molecule has 18 heavy (non-hydrogen) atoms. The third-order valence-corrected chi connectivity index (χ3v) is 3.75. The van der Waals surface area contributed by atoms with E-state index in [4.69, 9.17) is 8.92 Å². The smallest absolute Gasteiger partial charge is 0.369 e. The van der Waals surface area contributed by atoms with Crippen molar-refractivity contribution in [3.05, 3.63) is 35.9 Å². The first-order chi connectivity index (χ1) is 8.64. The fraction of sp³-hybridized carbons (Fsp3) is 0.455. The SMILES string of the molecule is O=S1(=O)OC2[C@H](OCc3ccccc3)CCN2O1. The number of hydrogen-bond donors (Lipinski definition) is 0. The number of benzene rings is 1. The first kappa shape index (κ1) is 12.1. The van der Waals surface area contributed by atoms with Crippen LogP contribution in [0.4, 0.5) is 0 Å². The number of nitrogens with zero attached hydrogens (tertiary/aromatic N) is 1. The van der Waals surface area contributed by atoms with Crippen LogP contribution in [0.25, 0.3) is 0 Å². The molecule has 2 aliphatic rings. The van der Waals surface area contributed by atoms with Gasteiger partial charge in [0.2, 0.25) is 0 Å². The van der Waals surface area contributed by atoms with Gasteiger partial charge in [-0.2, -0.15) is 12.7 Å². The molecule has 0 amide bonds. The van der Waals surface area contributed by atoms with Gasteiger partial charge < -0.3 is 4.74 Å². The van der Waals surface area contributed by atoms with E-state index in [0.717, 1.165) is 5.56 Å². The maximum Gasteiger partial charge on any atom is 0.418 e. The number of fused-ring (bicyclic) bond motifs is 1. The maximum absolute atomic E-state index is 11.1. The van der Waals surface area contributed by atoms with Crippen LogP contribution >= 0.6 is 0 Å². The van der Waals surface area contributed by atoms with Gasteiger partial charge in [-0.15, -0.1) is 5.06 Å². The molecule has 1 aromatic rings. The van der Waals surface area contributed by atoms with E-state index in [1.54, 1.807) is 0 Å². The van der Waals surface area contributed by atoms with Crippen LogP contribution in [0.1, 0.15) is 12.0 Å². The summed E-state index contributed by atoms with van der Waals surface area (Å²) in [5.41, 5.74) is 1.04. The highest BCUT2D eigenvalue weighted by Gasteiger charge is 2.48. The van der Waals surface area contributed by atoms with Gasteiger partial charge in [-0.25, -0.2) is 4.18 Å². The van der Waals surface area contributed by atoms with Crippen LogP contribution in [0.2, 0.25) is 0 Å². The van der Waals surface area contributed by atoms with Crippen LogP contribution in [0, 0.1) is 0 Å². The van der Waals surface area contributed by atoms with Gasteiger partial charge in [-0.1, -0.05) is 30.3 Å². The zero-order valence-corrected chi connectivity index (χ0v) is 10.4. The fourth-order valence-electron chi connectivity index (χ4n) is 2.10. The predicted molar refractivity (Wildman–Crippen MR) is 61.2 cm³/mol. The Hall–Kier alpha value is -0.990. The number of ether oxygens (including phenoxy) is 1. The molecule has 3 rings (SSSR count). The lowest BCUT2D eigenvalue weighted by Gasteiger charge is -2.16. The second-order valence-corrected chi connectivity index (χ2v) is 5.39. The Labute approximate surface area is 105 Å². The van der Waals surface area contributed by atoms with Crippen molar-refractivity contribution in [3.63, 3.8) is 0 Å². The molecule has 7 heteroatoms. The van der Waals surface area contributed by atoms with Gasteiger partial charge in [-0.3, -0.25) is 0 Å². The van der Waals surface area contributed by atoms with Gasteiger partial charge in [0.25, 0.3) is 0 Å². The molecule has 0 saturated carbocycles. The van der Waals surface area contributed by atoms with E-state index in [0.29, 0.717) is 19.6 Å². The van der Waals surface area contributed by atoms with Crippen molar-refractivity contribution in [2.75, 3.05) is 6.54 Å². The molecule has 0 aromatic heterocycles. The monoisotopic (exact) mass is 271 g/mol. The Morgan fingerprint density at radius 1 is 1.33 bits per heavy atom.